The molecule has 0 aromatic heterocycles. The fraction of sp³-hybridized carbons (Fsp3) is 0.280. The Morgan fingerprint density at radius 3 is 2.50 bits per heavy atom. The minimum Gasteiger partial charge on any atom is -0.497 e. The van der Waals surface area contributed by atoms with Crippen molar-refractivity contribution in [2.45, 2.75) is 32.3 Å². The number of methoxy groups -OCH3 is 1. The molecule has 30 heavy (non-hydrogen) atoms. The number of fused-ring (bicyclic) bond motifs is 2. The second-order valence-corrected chi connectivity index (χ2v) is 7.64. The lowest BCUT2D eigenvalue weighted by Crippen LogP contribution is -2.39. The van der Waals surface area contributed by atoms with Gasteiger partial charge in [-0.1, -0.05) is 42.5 Å². The van der Waals surface area contributed by atoms with Gasteiger partial charge in [0, 0.05) is 12.2 Å². The van der Waals surface area contributed by atoms with Crippen LogP contribution in [0.3, 0.4) is 0 Å². The summed E-state index contributed by atoms with van der Waals surface area (Å²) in [7, 11) is 1.64. The lowest BCUT2D eigenvalue weighted by atomic mass is 9.98. The molecule has 1 amide bonds. The molecule has 2 atom stereocenters. The summed E-state index contributed by atoms with van der Waals surface area (Å²) in [6, 6.07) is 19.5. The molecule has 0 bridgehead atoms. The number of benzene rings is 3. The third-order valence-electron chi connectivity index (χ3n) is 5.72. The number of carbonyl (C=O) groups excluding carboxylic acids is 2. The Morgan fingerprint density at radius 1 is 0.967 bits per heavy atom. The van der Waals surface area contributed by atoms with Crippen LogP contribution in [0.4, 0.5) is 5.69 Å². The van der Waals surface area contributed by atoms with Crippen molar-refractivity contribution >= 4 is 28.3 Å². The van der Waals surface area contributed by atoms with E-state index in [-0.39, 0.29) is 5.91 Å². The Balaban J connectivity index is 1.45. The van der Waals surface area contributed by atoms with Crippen molar-refractivity contribution < 1.29 is 19.1 Å². The van der Waals surface area contributed by atoms with Crippen molar-refractivity contribution in [3.05, 3.63) is 71.8 Å². The van der Waals surface area contributed by atoms with Crippen LogP contribution < -0.4 is 9.64 Å². The van der Waals surface area contributed by atoms with Crippen LogP contribution in [0, 0.1) is 0 Å². The molecule has 0 aliphatic carbocycles. The topological polar surface area (TPSA) is 55.8 Å². The second kappa shape index (κ2) is 8.19. The molecule has 5 heteroatoms. The van der Waals surface area contributed by atoms with Gasteiger partial charge in [-0.05, 0) is 60.4 Å². The summed E-state index contributed by atoms with van der Waals surface area (Å²) in [5.41, 5.74) is 2.90. The molecule has 5 nitrogen and oxygen atoms in total. The molecule has 3 aromatic rings. The zero-order valence-corrected chi connectivity index (χ0v) is 17.4. The van der Waals surface area contributed by atoms with Crippen LogP contribution in [-0.4, -0.2) is 31.6 Å². The summed E-state index contributed by atoms with van der Waals surface area (Å²) in [5, 5.41) is 2.06. The van der Waals surface area contributed by atoms with Gasteiger partial charge in [0.15, 0.2) is 6.10 Å². The number of amides is 1. The van der Waals surface area contributed by atoms with Crippen LogP contribution in [0.15, 0.2) is 60.7 Å². The third-order valence-corrected chi connectivity index (χ3v) is 5.72. The van der Waals surface area contributed by atoms with E-state index in [1.807, 2.05) is 60.7 Å². The minimum absolute atomic E-state index is 0.189. The number of esters is 1. The second-order valence-electron chi connectivity index (χ2n) is 7.64. The highest BCUT2D eigenvalue weighted by Crippen LogP contribution is 2.29. The van der Waals surface area contributed by atoms with Crippen molar-refractivity contribution in [1.82, 2.24) is 0 Å². The van der Waals surface area contributed by atoms with Gasteiger partial charge in [0.25, 0.3) is 5.91 Å². The molecule has 0 spiro atoms. The molecule has 154 valence electrons. The number of hydrogen-bond acceptors (Lipinski definition) is 4. The summed E-state index contributed by atoms with van der Waals surface area (Å²) >= 11 is 0. The number of anilines is 1. The van der Waals surface area contributed by atoms with Gasteiger partial charge in [-0.15, -0.1) is 0 Å². The fourth-order valence-corrected chi connectivity index (χ4v) is 3.89. The summed E-state index contributed by atoms with van der Waals surface area (Å²) < 4.78 is 10.8. The van der Waals surface area contributed by atoms with E-state index in [0.29, 0.717) is 6.54 Å². The zero-order valence-electron chi connectivity index (χ0n) is 17.4. The van der Waals surface area contributed by atoms with E-state index in [4.69, 9.17) is 9.47 Å². The molecule has 0 radical (unpaired) electrons. The van der Waals surface area contributed by atoms with E-state index in [0.717, 1.165) is 39.8 Å². The highest BCUT2D eigenvalue weighted by Gasteiger charge is 2.31. The van der Waals surface area contributed by atoms with Crippen molar-refractivity contribution in [1.29, 1.82) is 0 Å². The molecule has 3 aromatic carbocycles. The van der Waals surface area contributed by atoms with Crippen LogP contribution in [0.25, 0.3) is 10.8 Å². The maximum atomic E-state index is 12.9. The van der Waals surface area contributed by atoms with Gasteiger partial charge < -0.3 is 14.4 Å². The summed E-state index contributed by atoms with van der Waals surface area (Å²) in [4.78, 5) is 27.3. The molecular formula is C25H25NO4. The number of rotatable bonds is 5. The summed E-state index contributed by atoms with van der Waals surface area (Å²) in [6.45, 7) is 4.06. The van der Waals surface area contributed by atoms with Gasteiger partial charge >= 0.3 is 5.97 Å². The van der Waals surface area contributed by atoms with E-state index < -0.39 is 18.0 Å². The first-order valence-corrected chi connectivity index (χ1v) is 10.2. The minimum atomic E-state index is -0.837. The lowest BCUT2D eigenvalue weighted by molar-refractivity contribution is -0.155. The molecule has 0 fully saturated rings. The predicted molar refractivity (Wildman–Crippen MR) is 117 cm³/mol. The Kier molecular flexibility index (Phi) is 5.44. The quantitative estimate of drug-likeness (QED) is 0.590. The molecule has 1 aliphatic rings. The average molecular weight is 403 g/mol. The number of ether oxygens (including phenoxy) is 2. The fourth-order valence-electron chi connectivity index (χ4n) is 3.89. The average Bonchev–Trinajstić information content (AvgIpc) is 3.21. The highest BCUT2D eigenvalue weighted by atomic mass is 16.5. The maximum absolute atomic E-state index is 12.9. The van der Waals surface area contributed by atoms with Crippen molar-refractivity contribution in [3.8, 4) is 5.75 Å². The predicted octanol–water partition coefficient (Wildman–Crippen LogP) is 4.47. The number of nitrogens with zero attached hydrogens (tertiary/aromatic N) is 1. The number of carbonyl (C=O) groups is 2. The Labute approximate surface area is 176 Å². The Bertz CT molecular complexity index is 1110. The molecule has 1 aliphatic heterocycles. The van der Waals surface area contributed by atoms with E-state index >= 15 is 0 Å². The third kappa shape index (κ3) is 3.75. The smallest absolute Gasteiger partial charge is 0.313 e. The van der Waals surface area contributed by atoms with Crippen molar-refractivity contribution in [3.63, 3.8) is 0 Å². The van der Waals surface area contributed by atoms with Crippen LogP contribution in [0.2, 0.25) is 0 Å². The van der Waals surface area contributed by atoms with E-state index in [1.165, 1.54) is 0 Å². The monoisotopic (exact) mass is 403 g/mol. The first kappa shape index (κ1) is 20.0. The lowest BCUT2D eigenvalue weighted by Gasteiger charge is -2.23. The number of para-hydroxylation sites is 1. The molecule has 0 unspecified atom stereocenters. The Morgan fingerprint density at radius 2 is 1.70 bits per heavy atom. The van der Waals surface area contributed by atoms with Gasteiger partial charge in [-0.25, -0.2) is 0 Å². The van der Waals surface area contributed by atoms with Crippen LogP contribution in [-0.2, 0) is 20.7 Å². The van der Waals surface area contributed by atoms with Gasteiger partial charge in [-0.3, -0.25) is 9.59 Å². The van der Waals surface area contributed by atoms with E-state index in [9.17, 15) is 9.59 Å². The first-order valence-electron chi connectivity index (χ1n) is 10.2. The number of hydrogen-bond donors (Lipinski definition) is 0. The molecule has 1 heterocycles. The largest absolute Gasteiger partial charge is 0.497 e. The van der Waals surface area contributed by atoms with E-state index in [1.54, 1.807) is 25.9 Å². The van der Waals surface area contributed by atoms with Gasteiger partial charge in [0.2, 0.25) is 0 Å². The van der Waals surface area contributed by atoms with E-state index in [2.05, 4.69) is 0 Å². The Hall–Kier alpha value is -3.34. The maximum Gasteiger partial charge on any atom is 0.313 e. The van der Waals surface area contributed by atoms with Crippen molar-refractivity contribution in [2.75, 3.05) is 18.6 Å². The first-order chi connectivity index (χ1) is 14.5. The highest BCUT2D eigenvalue weighted by molar-refractivity contribution is 5.99. The molecule has 0 saturated carbocycles. The zero-order chi connectivity index (χ0) is 21.3. The van der Waals surface area contributed by atoms with Crippen LogP contribution in [0.1, 0.15) is 30.9 Å². The van der Waals surface area contributed by atoms with Crippen LogP contribution in [0.5, 0.6) is 5.75 Å². The standard InChI is InChI=1S/C25H25NO4/c1-16(19-8-9-21-15-22(29-3)11-10-20(21)14-19)25(28)30-17(2)24(27)26-13-12-18-6-4-5-7-23(18)26/h4-11,14-17H,12-13H2,1-3H3/t16-,17-/m0/s1. The molecule has 0 N–H and O–H groups in total. The molecular weight excluding hydrogens is 378 g/mol. The summed E-state index contributed by atoms with van der Waals surface area (Å²) in [5.74, 6) is -0.279. The SMILES string of the molecule is COc1ccc2cc([C@H](C)C(=O)O[C@@H](C)C(=O)N3CCc4ccccc43)ccc2c1. The molecule has 4 rings (SSSR count). The molecule has 0 saturated heterocycles. The van der Waals surface area contributed by atoms with Crippen LogP contribution >= 0.6 is 0 Å². The van der Waals surface area contributed by atoms with Gasteiger partial charge in [0.1, 0.15) is 5.75 Å². The van der Waals surface area contributed by atoms with Crippen molar-refractivity contribution in [2.24, 2.45) is 0 Å². The van der Waals surface area contributed by atoms with Gasteiger partial charge in [-0.2, -0.15) is 0 Å². The van der Waals surface area contributed by atoms with Gasteiger partial charge in [0.05, 0.1) is 13.0 Å². The normalized spacial score (nSPS) is 14.8. The summed E-state index contributed by atoms with van der Waals surface area (Å²) in [6.07, 6.45) is -0.0169.